The van der Waals surface area contributed by atoms with Crippen LogP contribution in [-0.2, 0) is 25.7 Å². The number of rotatable bonds is 5. The molecule has 1 aromatic carbocycles. The van der Waals surface area contributed by atoms with Crippen LogP contribution in [0.15, 0.2) is 11.9 Å². The van der Waals surface area contributed by atoms with E-state index in [4.69, 9.17) is 0 Å². The maximum atomic E-state index is 13.6. The normalized spacial score (nSPS) is 21.0. The van der Waals surface area contributed by atoms with Crippen LogP contribution in [0.5, 0.6) is 0 Å². The van der Waals surface area contributed by atoms with Crippen molar-refractivity contribution in [3.8, 4) is 0 Å². The zero-order chi connectivity index (χ0) is 20.7. The van der Waals surface area contributed by atoms with E-state index in [1.54, 1.807) is 13.8 Å². The molecule has 0 heterocycles. The summed E-state index contributed by atoms with van der Waals surface area (Å²) in [6.07, 6.45) is 0.857. The third-order valence-electron chi connectivity index (χ3n) is 4.53. The largest absolute Gasteiger partial charge is 0.464 e. The molecule has 0 N–H and O–H groups in total. The van der Waals surface area contributed by atoms with Crippen LogP contribution >= 0.6 is 0 Å². The lowest BCUT2D eigenvalue weighted by Crippen LogP contribution is -2.14. The molecule has 0 saturated heterocycles. The molecule has 1 fully saturated rings. The highest BCUT2D eigenvalue weighted by Gasteiger charge is 2.62. The molecular formula is C17H14F6O4. The van der Waals surface area contributed by atoms with Crippen molar-refractivity contribution in [1.29, 1.82) is 0 Å². The van der Waals surface area contributed by atoms with Crippen molar-refractivity contribution in [3.63, 3.8) is 0 Å². The molecule has 27 heavy (non-hydrogen) atoms. The number of allylic oxidation sites excluding steroid dienone is 1. The van der Waals surface area contributed by atoms with Gasteiger partial charge in [-0.15, -0.1) is 0 Å². The molecule has 0 unspecified atom stereocenters. The van der Waals surface area contributed by atoms with E-state index in [-0.39, 0.29) is 0 Å². The molecule has 1 saturated carbocycles. The second-order valence-corrected chi connectivity index (χ2v) is 6.49. The van der Waals surface area contributed by atoms with Crippen LogP contribution in [0.3, 0.4) is 0 Å². The van der Waals surface area contributed by atoms with Crippen molar-refractivity contribution in [2.24, 2.45) is 17.3 Å². The first-order chi connectivity index (χ1) is 12.4. The molecule has 1 aliphatic carbocycles. The minimum atomic E-state index is -2.33. The average molecular weight is 396 g/mol. The topological polar surface area (TPSA) is 52.6 Å². The molecule has 0 spiro atoms. The Morgan fingerprint density at radius 3 is 1.96 bits per heavy atom. The molecular weight excluding hydrogens is 382 g/mol. The van der Waals surface area contributed by atoms with E-state index in [2.05, 4.69) is 9.47 Å². The molecule has 0 amide bonds. The van der Waals surface area contributed by atoms with Crippen molar-refractivity contribution < 1.29 is 45.4 Å². The zero-order valence-electron chi connectivity index (χ0n) is 14.3. The number of halogens is 6. The van der Waals surface area contributed by atoms with Gasteiger partial charge in [-0.25, -0.2) is 26.7 Å². The Hall–Kier alpha value is -2.52. The van der Waals surface area contributed by atoms with Crippen LogP contribution < -0.4 is 0 Å². The number of ether oxygens (including phenoxy) is 2. The fourth-order valence-electron chi connectivity index (χ4n) is 2.77. The van der Waals surface area contributed by atoms with Crippen LogP contribution in [0.4, 0.5) is 26.3 Å². The summed E-state index contributed by atoms with van der Waals surface area (Å²) in [5.41, 5.74) is -2.15. The number of methoxy groups -OCH3 is 1. The SMILES string of the molecule is COC(=O)C(F)=C[C@@H]1[C@H](C(=O)OCc2c(F)c(F)c(F)c(F)c2F)C1(C)C. The highest BCUT2D eigenvalue weighted by Crippen LogP contribution is 2.60. The van der Waals surface area contributed by atoms with Gasteiger partial charge in [0.1, 0.15) is 6.61 Å². The van der Waals surface area contributed by atoms with Crippen LogP contribution in [-0.4, -0.2) is 19.0 Å². The summed E-state index contributed by atoms with van der Waals surface area (Å²) in [6, 6.07) is 0. The quantitative estimate of drug-likeness (QED) is 0.250. The van der Waals surface area contributed by atoms with Gasteiger partial charge in [-0.05, 0) is 17.4 Å². The minimum absolute atomic E-state index is 0.777. The summed E-state index contributed by atoms with van der Waals surface area (Å²) in [7, 11) is 0.962. The van der Waals surface area contributed by atoms with Crippen LogP contribution in [0.25, 0.3) is 0 Å². The van der Waals surface area contributed by atoms with Gasteiger partial charge in [0.2, 0.25) is 11.6 Å². The monoisotopic (exact) mass is 396 g/mol. The van der Waals surface area contributed by atoms with Gasteiger partial charge in [-0.1, -0.05) is 13.8 Å². The Bertz CT molecular complexity index is 804. The molecule has 1 aliphatic rings. The summed E-state index contributed by atoms with van der Waals surface area (Å²) in [5.74, 6) is -16.1. The van der Waals surface area contributed by atoms with Gasteiger partial charge in [0.05, 0.1) is 18.6 Å². The van der Waals surface area contributed by atoms with Crippen LogP contribution in [0.2, 0.25) is 0 Å². The van der Waals surface area contributed by atoms with Crippen molar-refractivity contribution in [3.05, 3.63) is 46.6 Å². The maximum Gasteiger partial charge on any atom is 0.366 e. The summed E-state index contributed by atoms with van der Waals surface area (Å²) in [4.78, 5) is 23.2. The molecule has 2 atom stereocenters. The second kappa shape index (κ2) is 7.24. The summed E-state index contributed by atoms with van der Waals surface area (Å²) < 4.78 is 88.8. The lowest BCUT2D eigenvalue weighted by atomic mass is 10.1. The van der Waals surface area contributed by atoms with Crippen LogP contribution in [0.1, 0.15) is 19.4 Å². The van der Waals surface area contributed by atoms with Gasteiger partial charge < -0.3 is 9.47 Å². The zero-order valence-corrected chi connectivity index (χ0v) is 14.3. The van der Waals surface area contributed by atoms with E-state index in [1.165, 1.54) is 0 Å². The first kappa shape index (κ1) is 20.8. The summed E-state index contributed by atoms with van der Waals surface area (Å²) in [6.45, 7) is 1.89. The standard InChI is InChI=1S/C17H14F6O4/c1-17(2)7(4-8(18)15(24)26-3)9(17)16(25)27-5-6-10(19)12(21)14(23)13(22)11(6)20/h4,7,9H,5H2,1-3H3/t7-,9-/m1/s1. The van der Waals surface area contributed by atoms with E-state index in [9.17, 15) is 35.9 Å². The molecule has 0 aromatic heterocycles. The molecule has 4 nitrogen and oxygen atoms in total. The fourth-order valence-corrected chi connectivity index (χ4v) is 2.77. The number of carbonyl (C=O) groups excluding carboxylic acids is 2. The maximum absolute atomic E-state index is 13.6. The van der Waals surface area contributed by atoms with Crippen molar-refractivity contribution in [2.45, 2.75) is 20.5 Å². The molecule has 2 rings (SSSR count). The minimum Gasteiger partial charge on any atom is -0.464 e. The van der Waals surface area contributed by atoms with Gasteiger partial charge in [-0.3, -0.25) is 4.79 Å². The molecule has 148 valence electrons. The van der Waals surface area contributed by atoms with Crippen molar-refractivity contribution in [2.75, 3.05) is 7.11 Å². The Labute approximate surface area is 149 Å². The molecule has 10 heteroatoms. The number of esters is 2. The van der Waals surface area contributed by atoms with Crippen molar-refractivity contribution in [1.82, 2.24) is 0 Å². The summed E-state index contributed by atoms with van der Waals surface area (Å²) >= 11 is 0. The predicted octanol–water partition coefficient (Wildman–Crippen LogP) is 3.72. The molecule has 0 bridgehead atoms. The van der Waals surface area contributed by atoms with Gasteiger partial charge in [0, 0.05) is 0 Å². The van der Waals surface area contributed by atoms with E-state index in [0.717, 1.165) is 13.2 Å². The Kier molecular flexibility index (Phi) is 5.58. The van der Waals surface area contributed by atoms with E-state index in [0.29, 0.717) is 0 Å². The van der Waals surface area contributed by atoms with Gasteiger partial charge in [0.25, 0.3) is 0 Å². The van der Waals surface area contributed by atoms with E-state index < -0.39 is 76.3 Å². The molecule has 0 aliphatic heterocycles. The van der Waals surface area contributed by atoms with Crippen molar-refractivity contribution >= 4 is 11.9 Å². The highest BCUT2D eigenvalue weighted by molar-refractivity contribution is 5.86. The third kappa shape index (κ3) is 3.65. The third-order valence-corrected chi connectivity index (χ3v) is 4.53. The Morgan fingerprint density at radius 2 is 1.48 bits per heavy atom. The predicted molar refractivity (Wildman–Crippen MR) is 78.0 cm³/mol. The number of benzene rings is 1. The van der Waals surface area contributed by atoms with E-state index in [1.807, 2.05) is 0 Å². The Balaban J connectivity index is 2.15. The highest BCUT2D eigenvalue weighted by atomic mass is 19.2. The van der Waals surface area contributed by atoms with Crippen LogP contribution in [0, 0.1) is 46.3 Å². The fraction of sp³-hybridized carbons (Fsp3) is 0.412. The average Bonchev–Trinajstić information content (AvgIpc) is 3.17. The first-order valence-electron chi connectivity index (χ1n) is 7.57. The van der Waals surface area contributed by atoms with Gasteiger partial charge >= 0.3 is 11.9 Å². The van der Waals surface area contributed by atoms with Gasteiger partial charge in [-0.2, -0.15) is 4.39 Å². The number of carbonyl (C=O) groups is 2. The Morgan fingerprint density at radius 1 is 1.00 bits per heavy atom. The van der Waals surface area contributed by atoms with E-state index >= 15 is 0 Å². The first-order valence-corrected chi connectivity index (χ1v) is 7.57. The summed E-state index contributed by atoms with van der Waals surface area (Å²) in [5, 5.41) is 0. The molecule has 0 radical (unpaired) electrons. The second-order valence-electron chi connectivity index (χ2n) is 6.49. The van der Waals surface area contributed by atoms with Gasteiger partial charge in [0.15, 0.2) is 23.3 Å². The smallest absolute Gasteiger partial charge is 0.366 e. The number of hydrogen-bond acceptors (Lipinski definition) is 4. The number of hydrogen-bond donors (Lipinski definition) is 0. The lowest BCUT2D eigenvalue weighted by Gasteiger charge is -2.09. The molecule has 1 aromatic rings. The lowest BCUT2D eigenvalue weighted by molar-refractivity contribution is -0.147.